The van der Waals surface area contributed by atoms with Crippen LogP contribution in [0, 0.1) is 0 Å². The van der Waals surface area contributed by atoms with E-state index in [1.807, 2.05) is 4.90 Å². The molecule has 0 saturated carbocycles. The first kappa shape index (κ1) is 16.2. The lowest BCUT2D eigenvalue weighted by molar-refractivity contribution is -0.931. The highest BCUT2D eigenvalue weighted by molar-refractivity contribution is 4.59. The van der Waals surface area contributed by atoms with Gasteiger partial charge in [0.1, 0.15) is 0 Å². The van der Waals surface area contributed by atoms with Crippen LogP contribution in [0.25, 0.3) is 0 Å². The van der Waals surface area contributed by atoms with Crippen LogP contribution < -0.4 is 17.3 Å². The molecule has 0 aliphatic carbocycles. The van der Waals surface area contributed by atoms with Crippen molar-refractivity contribution in [2.75, 3.05) is 13.1 Å². The van der Waals surface area contributed by atoms with Crippen LogP contribution >= 0.6 is 0 Å². The van der Waals surface area contributed by atoms with Gasteiger partial charge < -0.3 is 17.3 Å². The van der Waals surface area contributed by atoms with E-state index >= 15 is 0 Å². The van der Waals surface area contributed by atoms with Gasteiger partial charge in [-0.1, -0.05) is 33.1 Å². The molecule has 1 nitrogen and oxygen atoms in total. The first-order valence-corrected chi connectivity index (χ1v) is 7.23. The normalized spacial score (nSPS) is 25.1. The number of rotatable bonds is 7. The first-order valence-electron chi connectivity index (χ1n) is 7.23. The summed E-state index contributed by atoms with van der Waals surface area (Å²) in [6.07, 6.45) is 13.0. The van der Waals surface area contributed by atoms with Crippen molar-refractivity contribution in [3.05, 3.63) is 0 Å². The van der Waals surface area contributed by atoms with Crippen LogP contribution in [0.3, 0.4) is 0 Å². The van der Waals surface area contributed by atoms with E-state index in [2.05, 4.69) is 13.8 Å². The second-order valence-electron chi connectivity index (χ2n) is 5.17. The monoisotopic (exact) mass is 247 g/mol. The molecule has 2 atom stereocenters. The van der Waals surface area contributed by atoms with Gasteiger partial charge in [-0.3, -0.25) is 0 Å². The zero-order valence-corrected chi connectivity index (χ0v) is 12.0. The van der Waals surface area contributed by atoms with Crippen LogP contribution in [0.15, 0.2) is 0 Å². The Morgan fingerprint density at radius 3 is 2.44 bits per heavy atom. The SMILES string of the molecule is CCCCCCC[NH+]1CCCCC1CC.[Cl-]. The minimum atomic E-state index is 0. The molecule has 0 aromatic carbocycles. The number of hydrogen-bond donors (Lipinski definition) is 1. The number of quaternary nitrogens is 1. The standard InChI is InChI=1S/C14H29N.ClH/c1-3-5-6-7-9-12-15-13-10-8-11-14(15)4-2;/h14H,3-13H2,1-2H3;1H. The highest BCUT2D eigenvalue weighted by Crippen LogP contribution is 2.06. The van der Waals surface area contributed by atoms with Crippen molar-refractivity contribution in [2.24, 2.45) is 0 Å². The molecular formula is C14H30ClN. The van der Waals surface area contributed by atoms with Crippen molar-refractivity contribution < 1.29 is 17.3 Å². The zero-order chi connectivity index (χ0) is 10.9. The van der Waals surface area contributed by atoms with Gasteiger partial charge in [0.2, 0.25) is 0 Å². The molecule has 0 aromatic heterocycles. The van der Waals surface area contributed by atoms with Gasteiger partial charge in [-0.2, -0.15) is 0 Å². The third-order valence-corrected chi connectivity index (χ3v) is 3.97. The number of halogens is 1. The fourth-order valence-corrected chi connectivity index (χ4v) is 2.93. The third-order valence-electron chi connectivity index (χ3n) is 3.97. The summed E-state index contributed by atoms with van der Waals surface area (Å²) in [5, 5.41) is 0. The van der Waals surface area contributed by atoms with Gasteiger partial charge in [0, 0.05) is 0 Å². The van der Waals surface area contributed by atoms with Gasteiger partial charge in [0.05, 0.1) is 19.1 Å². The minimum absolute atomic E-state index is 0. The lowest BCUT2D eigenvalue weighted by Gasteiger charge is -2.32. The molecule has 0 radical (unpaired) electrons. The van der Waals surface area contributed by atoms with E-state index < -0.39 is 0 Å². The molecule has 0 aromatic rings. The Balaban J connectivity index is 0.00000225. The predicted molar refractivity (Wildman–Crippen MR) is 67.4 cm³/mol. The van der Waals surface area contributed by atoms with Gasteiger partial charge in [-0.05, 0) is 38.5 Å². The Bertz CT molecular complexity index is 150. The fourth-order valence-electron chi connectivity index (χ4n) is 2.93. The Morgan fingerprint density at radius 2 is 1.75 bits per heavy atom. The molecule has 0 spiro atoms. The lowest BCUT2D eigenvalue weighted by atomic mass is 9.99. The largest absolute Gasteiger partial charge is 1.00 e. The van der Waals surface area contributed by atoms with Crippen LogP contribution in [-0.4, -0.2) is 19.1 Å². The topological polar surface area (TPSA) is 4.44 Å². The Kier molecular flexibility index (Phi) is 10.6. The first-order chi connectivity index (χ1) is 7.38. The highest BCUT2D eigenvalue weighted by atomic mass is 35.5. The molecule has 1 saturated heterocycles. The van der Waals surface area contributed by atoms with Gasteiger partial charge in [0.15, 0.2) is 0 Å². The van der Waals surface area contributed by atoms with Crippen LogP contribution in [0.4, 0.5) is 0 Å². The van der Waals surface area contributed by atoms with Crippen molar-refractivity contribution >= 4 is 0 Å². The van der Waals surface area contributed by atoms with Crippen LogP contribution in [0.1, 0.15) is 71.6 Å². The van der Waals surface area contributed by atoms with Crippen molar-refractivity contribution in [2.45, 2.75) is 77.7 Å². The number of unbranched alkanes of at least 4 members (excludes halogenated alkanes) is 4. The Morgan fingerprint density at radius 1 is 1.00 bits per heavy atom. The predicted octanol–water partition coefficient (Wildman–Crippen LogP) is -0.192. The molecule has 0 amide bonds. The molecule has 16 heavy (non-hydrogen) atoms. The second kappa shape index (κ2) is 10.4. The van der Waals surface area contributed by atoms with Crippen molar-refractivity contribution in [1.29, 1.82) is 0 Å². The van der Waals surface area contributed by atoms with Crippen molar-refractivity contribution in [3.63, 3.8) is 0 Å². The Labute approximate surface area is 108 Å². The maximum Gasteiger partial charge on any atom is 0.0872 e. The second-order valence-corrected chi connectivity index (χ2v) is 5.17. The lowest BCUT2D eigenvalue weighted by Crippen LogP contribution is -3.16. The van der Waals surface area contributed by atoms with E-state index in [9.17, 15) is 0 Å². The number of hydrogen-bond acceptors (Lipinski definition) is 0. The quantitative estimate of drug-likeness (QED) is 0.595. The van der Waals surface area contributed by atoms with Crippen molar-refractivity contribution in [3.8, 4) is 0 Å². The molecular weight excluding hydrogens is 218 g/mol. The number of piperidine rings is 1. The summed E-state index contributed by atoms with van der Waals surface area (Å²) in [6, 6.07) is 0.991. The van der Waals surface area contributed by atoms with E-state index in [0.29, 0.717) is 0 Å². The molecule has 1 rings (SSSR count). The summed E-state index contributed by atoms with van der Waals surface area (Å²) in [4.78, 5) is 1.92. The molecule has 98 valence electrons. The van der Waals surface area contributed by atoms with E-state index in [1.54, 1.807) is 0 Å². The number of nitrogens with one attached hydrogen (secondary N) is 1. The van der Waals surface area contributed by atoms with Gasteiger partial charge in [-0.25, -0.2) is 0 Å². The van der Waals surface area contributed by atoms with Crippen LogP contribution in [0.2, 0.25) is 0 Å². The molecule has 0 bridgehead atoms. The molecule has 1 heterocycles. The minimum Gasteiger partial charge on any atom is -1.00 e. The zero-order valence-electron chi connectivity index (χ0n) is 11.2. The van der Waals surface area contributed by atoms with E-state index in [1.165, 1.54) is 70.9 Å². The summed E-state index contributed by atoms with van der Waals surface area (Å²) in [5.41, 5.74) is 0. The van der Waals surface area contributed by atoms with Gasteiger partial charge >= 0.3 is 0 Å². The fraction of sp³-hybridized carbons (Fsp3) is 1.00. The molecule has 1 fully saturated rings. The van der Waals surface area contributed by atoms with Crippen LogP contribution in [0.5, 0.6) is 0 Å². The summed E-state index contributed by atoms with van der Waals surface area (Å²) in [6.45, 7) is 7.56. The van der Waals surface area contributed by atoms with E-state index in [-0.39, 0.29) is 12.4 Å². The summed E-state index contributed by atoms with van der Waals surface area (Å²) in [7, 11) is 0. The molecule has 1 aliphatic heterocycles. The highest BCUT2D eigenvalue weighted by Gasteiger charge is 2.23. The van der Waals surface area contributed by atoms with Crippen LogP contribution in [-0.2, 0) is 0 Å². The smallest absolute Gasteiger partial charge is 0.0872 e. The third kappa shape index (κ3) is 6.10. The molecule has 1 N–H and O–H groups in total. The van der Waals surface area contributed by atoms with Crippen molar-refractivity contribution in [1.82, 2.24) is 0 Å². The summed E-state index contributed by atoms with van der Waals surface area (Å²) in [5.74, 6) is 0. The van der Waals surface area contributed by atoms with Gasteiger partial charge in [-0.15, -0.1) is 0 Å². The maximum atomic E-state index is 2.37. The average Bonchev–Trinajstić information content (AvgIpc) is 2.29. The van der Waals surface area contributed by atoms with E-state index in [0.717, 1.165) is 6.04 Å². The number of likely N-dealkylation sites (tertiary alicyclic amines) is 1. The molecule has 1 aliphatic rings. The molecule has 2 heteroatoms. The summed E-state index contributed by atoms with van der Waals surface area (Å²) < 4.78 is 0. The molecule has 2 unspecified atom stereocenters. The summed E-state index contributed by atoms with van der Waals surface area (Å²) >= 11 is 0. The Hall–Kier alpha value is 0.250. The van der Waals surface area contributed by atoms with E-state index in [4.69, 9.17) is 0 Å². The average molecular weight is 248 g/mol. The maximum absolute atomic E-state index is 2.37. The van der Waals surface area contributed by atoms with Gasteiger partial charge in [0.25, 0.3) is 0 Å².